The molecule has 1 saturated heterocycles. The highest BCUT2D eigenvalue weighted by Crippen LogP contribution is 2.29. The fourth-order valence-electron chi connectivity index (χ4n) is 4.44. The van der Waals surface area contributed by atoms with E-state index in [4.69, 9.17) is 10.5 Å². The summed E-state index contributed by atoms with van der Waals surface area (Å²) in [6.45, 7) is 7.72. The van der Waals surface area contributed by atoms with Gasteiger partial charge in [-0.25, -0.2) is 0 Å². The van der Waals surface area contributed by atoms with Gasteiger partial charge in [0.05, 0.1) is 17.5 Å². The molecule has 0 amide bonds. The Balaban J connectivity index is 1.43. The van der Waals surface area contributed by atoms with E-state index in [0.29, 0.717) is 12.1 Å². The number of ether oxygens (including phenoxy) is 1. The molecule has 1 aliphatic heterocycles. The summed E-state index contributed by atoms with van der Waals surface area (Å²) in [5.41, 5.74) is 9.51. The van der Waals surface area contributed by atoms with Crippen LogP contribution in [0.2, 0.25) is 0 Å². The molecule has 0 spiro atoms. The van der Waals surface area contributed by atoms with Crippen molar-refractivity contribution in [2.24, 2.45) is 0 Å². The van der Waals surface area contributed by atoms with Gasteiger partial charge < -0.3 is 20.7 Å². The molecule has 4 heteroatoms. The maximum atomic E-state index is 6.17. The van der Waals surface area contributed by atoms with Crippen LogP contribution in [-0.4, -0.2) is 42.8 Å². The molecule has 3 N–H and O–H groups in total. The molecular weight excluding hydrogens is 322 g/mol. The Labute approximate surface area is 159 Å². The van der Waals surface area contributed by atoms with E-state index in [0.717, 1.165) is 36.9 Å². The molecule has 1 aliphatic carbocycles. The Morgan fingerprint density at radius 1 is 1.08 bits per heavy atom. The monoisotopic (exact) mass is 359 g/mol. The van der Waals surface area contributed by atoms with Crippen LogP contribution in [0.15, 0.2) is 18.2 Å². The summed E-state index contributed by atoms with van der Waals surface area (Å²) in [5, 5.41) is 3.71. The van der Waals surface area contributed by atoms with E-state index in [1.807, 2.05) is 6.07 Å². The Kier molecular flexibility index (Phi) is 7.21. The van der Waals surface area contributed by atoms with E-state index in [2.05, 4.69) is 36.2 Å². The van der Waals surface area contributed by atoms with Crippen LogP contribution in [-0.2, 0) is 11.2 Å². The van der Waals surface area contributed by atoms with Crippen LogP contribution in [0.1, 0.15) is 64.4 Å². The zero-order chi connectivity index (χ0) is 18.4. The van der Waals surface area contributed by atoms with Crippen molar-refractivity contribution >= 4 is 11.4 Å². The van der Waals surface area contributed by atoms with Gasteiger partial charge in [-0.1, -0.05) is 19.9 Å². The molecule has 2 aliphatic rings. The number of hydrogen-bond donors (Lipinski definition) is 2. The van der Waals surface area contributed by atoms with Gasteiger partial charge in [-0.05, 0) is 69.1 Å². The number of nitrogens with zero attached hydrogens (tertiary/aromatic N) is 1. The van der Waals surface area contributed by atoms with E-state index in [-0.39, 0.29) is 0 Å². The number of benzene rings is 1. The molecule has 0 unspecified atom stereocenters. The summed E-state index contributed by atoms with van der Waals surface area (Å²) in [6, 6.07) is 7.70. The minimum atomic E-state index is 0.513. The number of nitrogens with one attached hydrogen (secondary N) is 1. The van der Waals surface area contributed by atoms with Crippen molar-refractivity contribution in [1.29, 1.82) is 0 Å². The van der Waals surface area contributed by atoms with Crippen LogP contribution < -0.4 is 11.1 Å². The van der Waals surface area contributed by atoms with Gasteiger partial charge in [-0.3, -0.25) is 0 Å². The van der Waals surface area contributed by atoms with Crippen molar-refractivity contribution in [2.45, 2.75) is 83.4 Å². The predicted octanol–water partition coefficient (Wildman–Crippen LogP) is 4.45. The van der Waals surface area contributed by atoms with E-state index in [1.165, 1.54) is 57.2 Å². The molecule has 1 aromatic carbocycles. The lowest BCUT2D eigenvalue weighted by molar-refractivity contribution is 0.00428. The van der Waals surface area contributed by atoms with Gasteiger partial charge >= 0.3 is 0 Å². The molecule has 0 bridgehead atoms. The number of aryl methyl sites for hydroxylation is 1. The second-order valence-corrected chi connectivity index (χ2v) is 8.03. The van der Waals surface area contributed by atoms with Crippen LogP contribution in [0, 0.1) is 0 Å². The Morgan fingerprint density at radius 3 is 2.46 bits per heavy atom. The molecule has 0 atom stereocenters. The van der Waals surface area contributed by atoms with Crippen molar-refractivity contribution in [3.05, 3.63) is 23.8 Å². The van der Waals surface area contributed by atoms with Gasteiger partial charge in [0, 0.05) is 31.8 Å². The van der Waals surface area contributed by atoms with Crippen LogP contribution in [0.25, 0.3) is 0 Å². The number of hydrogen-bond acceptors (Lipinski definition) is 4. The zero-order valence-electron chi connectivity index (χ0n) is 16.7. The minimum absolute atomic E-state index is 0.513. The smallest absolute Gasteiger partial charge is 0.0578 e. The van der Waals surface area contributed by atoms with Crippen LogP contribution in [0.5, 0.6) is 0 Å². The van der Waals surface area contributed by atoms with Gasteiger partial charge in [-0.15, -0.1) is 0 Å². The highest BCUT2D eigenvalue weighted by atomic mass is 16.5. The molecule has 0 radical (unpaired) electrons. The lowest BCUT2D eigenvalue weighted by Gasteiger charge is -2.41. The first-order valence-corrected chi connectivity index (χ1v) is 10.7. The largest absolute Gasteiger partial charge is 0.397 e. The first kappa shape index (κ1) is 19.5. The van der Waals surface area contributed by atoms with Crippen molar-refractivity contribution in [3.63, 3.8) is 0 Å². The van der Waals surface area contributed by atoms with Crippen LogP contribution in [0.3, 0.4) is 0 Å². The second kappa shape index (κ2) is 9.61. The summed E-state index contributed by atoms with van der Waals surface area (Å²) in [4.78, 5) is 2.72. The standard InChI is InChI=1S/C22H37N3O/c1-3-15-26-20-8-6-19(7-9-20)25-13-11-18(12-14-25)24-22-16-17(4-2)5-10-21(22)23/h5,10,16,18-20,24H,3-4,6-9,11-15,23H2,1-2H3. The Morgan fingerprint density at radius 2 is 1.81 bits per heavy atom. The van der Waals surface area contributed by atoms with Crippen LogP contribution in [0.4, 0.5) is 11.4 Å². The quantitative estimate of drug-likeness (QED) is 0.707. The molecule has 2 fully saturated rings. The normalized spacial score (nSPS) is 25.3. The zero-order valence-corrected chi connectivity index (χ0v) is 16.7. The van der Waals surface area contributed by atoms with Crippen LogP contribution >= 0.6 is 0 Å². The summed E-state index contributed by atoms with van der Waals surface area (Å²) in [6.07, 6.45) is 10.2. The third-order valence-corrected chi connectivity index (χ3v) is 6.13. The Hall–Kier alpha value is -1.26. The lowest BCUT2D eigenvalue weighted by Crippen LogP contribution is -2.46. The van der Waals surface area contributed by atoms with Gasteiger partial charge in [-0.2, -0.15) is 0 Å². The summed E-state index contributed by atoms with van der Waals surface area (Å²) in [5.74, 6) is 0. The van der Waals surface area contributed by atoms with Crippen molar-refractivity contribution < 1.29 is 4.74 Å². The fraction of sp³-hybridized carbons (Fsp3) is 0.727. The molecule has 1 saturated carbocycles. The van der Waals surface area contributed by atoms with Gasteiger partial charge in [0.25, 0.3) is 0 Å². The summed E-state index contributed by atoms with van der Waals surface area (Å²) in [7, 11) is 0. The predicted molar refractivity (Wildman–Crippen MR) is 111 cm³/mol. The highest BCUT2D eigenvalue weighted by molar-refractivity contribution is 5.67. The molecule has 4 nitrogen and oxygen atoms in total. The Bertz CT molecular complexity index is 546. The molecular formula is C22H37N3O. The van der Waals surface area contributed by atoms with E-state index >= 15 is 0 Å². The number of rotatable bonds is 7. The van der Waals surface area contributed by atoms with Gasteiger partial charge in [0.15, 0.2) is 0 Å². The third-order valence-electron chi connectivity index (χ3n) is 6.13. The van der Waals surface area contributed by atoms with Crippen molar-refractivity contribution in [3.8, 4) is 0 Å². The topological polar surface area (TPSA) is 50.5 Å². The van der Waals surface area contributed by atoms with Gasteiger partial charge in [0.1, 0.15) is 0 Å². The average Bonchev–Trinajstić information content (AvgIpc) is 2.69. The number of piperidine rings is 1. The lowest BCUT2D eigenvalue weighted by atomic mass is 9.90. The SMILES string of the molecule is CCCOC1CCC(N2CCC(Nc3cc(CC)ccc3N)CC2)CC1. The maximum absolute atomic E-state index is 6.17. The number of nitrogens with two attached hydrogens (primary N) is 1. The van der Waals surface area contributed by atoms with Crippen molar-refractivity contribution in [1.82, 2.24) is 4.90 Å². The summed E-state index contributed by atoms with van der Waals surface area (Å²) < 4.78 is 5.94. The summed E-state index contributed by atoms with van der Waals surface area (Å²) >= 11 is 0. The van der Waals surface area contributed by atoms with E-state index in [1.54, 1.807) is 0 Å². The number of likely N-dealkylation sites (tertiary alicyclic amines) is 1. The molecule has 1 heterocycles. The van der Waals surface area contributed by atoms with Gasteiger partial charge in [0.2, 0.25) is 0 Å². The molecule has 1 aromatic rings. The third kappa shape index (κ3) is 5.14. The second-order valence-electron chi connectivity index (χ2n) is 8.03. The average molecular weight is 360 g/mol. The molecule has 3 rings (SSSR count). The highest BCUT2D eigenvalue weighted by Gasteiger charge is 2.29. The minimum Gasteiger partial charge on any atom is -0.397 e. The van der Waals surface area contributed by atoms with E-state index < -0.39 is 0 Å². The number of anilines is 2. The fourth-order valence-corrected chi connectivity index (χ4v) is 4.44. The first-order valence-electron chi connectivity index (χ1n) is 10.7. The van der Waals surface area contributed by atoms with Crippen molar-refractivity contribution in [2.75, 3.05) is 30.7 Å². The molecule has 0 aromatic heterocycles. The maximum Gasteiger partial charge on any atom is 0.0578 e. The van der Waals surface area contributed by atoms with E-state index in [9.17, 15) is 0 Å². The molecule has 146 valence electrons. The number of nitrogen functional groups attached to an aromatic ring is 1. The first-order chi connectivity index (χ1) is 12.7. The molecule has 26 heavy (non-hydrogen) atoms.